The quantitative estimate of drug-likeness (QED) is 0.186. The molecule has 4 rings (SSSR count). The Hall–Kier alpha value is -3.62. The van der Waals surface area contributed by atoms with Gasteiger partial charge in [0.2, 0.25) is 0 Å². The first kappa shape index (κ1) is 22.6. The fourth-order valence-electron chi connectivity index (χ4n) is 3.60. The molecule has 0 aliphatic rings. The van der Waals surface area contributed by atoms with Gasteiger partial charge in [0.1, 0.15) is 16.3 Å². The van der Waals surface area contributed by atoms with Crippen molar-refractivity contribution >= 4 is 38.0 Å². The number of nitrogens with two attached hydrogens (primary N) is 1. The molecule has 8 heteroatoms. The van der Waals surface area contributed by atoms with E-state index in [0.717, 1.165) is 17.7 Å². The predicted molar refractivity (Wildman–Crippen MR) is 131 cm³/mol. The highest BCUT2D eigenvalue weighted by molar-refractivity contribution is 7.86. The lowest BCUT2D eigenvalue weighted by molar-refractivity contribution is 0.484. The van der Waals surface area contributed by atoms with Crippen molar-refractivity contribution in [3.8, 4) is 11.3 Å². The summed E-state index contributed by atoms with van der Waals surface area (Å²) >= 11 is 0. The topological polar surface area (TPSA) is 118 Å². The van der Waals surface area contributed by atoms with Crippen molar-refractivity contribution in [2.45, 2.75) is 31.1 Å². The number of pyridine rings is 1. The van der Waals surface area contributed by atoms with E-state index in [9.17, 15) is 13.0 Å². The average Bonchev–Trinajstić information content (AvgIpc) is 2.82. The average molecular weight is 461 g/mol. The highest BCUT2D eigenvalue weighted by atomic mass is 32.2. The maximum atomic E-state index is 11.9. The number of nitrogens with zero attached hydrogens (tertiary/aromatic N) is 3. The van der Waals surface area contributed by atoms with Crippen LogP contribution < -0.4 is 5.73 Å². The SMILES string of the molecule is CCCCc1ccc(-c2ccc(/N=N/c3cc(S(=O)(=O)O)c4ccccc4c3N)cn2)cc1. The number of anilines is 1. The summed E-state index contributed by atoms with van der Waals surface area (Å²) in [6.07, 6.45) is 5.00. The summed E-state index contributed by atoms with van der Waals surface area (Å²) in [6, 6.07) is 19.8. The number of aromatic nitrogens is 1. The predicted octanol–water partition coefficient (Wildman–Crippen LogP) is 6.49. The number of nitrogen functional groups attached to an aromatic ring is 1. The number of fused-ring (bicyclic) bond motifs is 1. The lowest BCUT2D eigenvalue weighted by Gasteiger charge is -2.09. The van der Waals surface area contributed by atoms with Crippen LogP contribution >= 0.6 is 0 Å². The first-order valence-corrected chi connectivity index (χ1v) is 12.1. The summed E-state index contributed by atoms with van der Waals surface area (Å²) in [5.74, 6) is 0. The minimum atomic E-state index is -4.47. The van der Waals surface area contributed by atoms with E-state index in [4.69, 9.17) is 5.73 Å². The third kappa shape index (κ3) is 5.08. The Morgan fingerprint density at radius 1 is 0.970 bits per heavy atom. The zero-order valence-electron chi connectivity index (χ0n) is 18.1. The van der Waals surface area contributed by atoms with Gasteiger partial charge in [0.15, 0.2) is 0 Å². The van der Waals surface area contributed by atoms with Gasteiger partial charge in [0, 0.05) is 16.3 Å². The van der Waals surface area contributed by atoms with Gasteiger partial charge in [-0.05, 0) is 36.6 Å². The number of hydrogen-bond donors (Lipinski definition) is 2. The third-order valence-electron chi connectivity index (χ3n) is 5.39. The molecule has 1 heterocycles. The van der Waals surface area contributed by atoms with Crippen molar-refractivity contribution < 1.29 is 13.0 Å². The summed E-state index contributed by atoms with van der Waals surface area (Å²) in [6.45, 7) is 2.18. The maximum Gasteiger partial charge on any atom is 0.295 e. The second kappa shape index (κ2) is 9.48. The Bertz CT molecular complexity index is 1420. The van der Waals surface area contributed by atoms with Gasteiger partial charge in [-0.2, -0.15) is 8.42 Å². The minimum Gasteiger partial charge on any atom is -0.396 e. The molecule has 7 nitrogen and oxygen atoms in total. The molecular formula is C25H24N4O3S. The van der Waals surface area contributed by atoms with Crippen LogP contribution in [0.5, 0.6) is 0 Å². The Morgan fingerprint density at radius 2 is 1.70 bits per heavy atom. The third-order valence-corrected chi connectivity index (χ3v) is 6.29. The highest BCUT2D eigenvalue weighted by Gasteiger charge is 2.18. The van der Waals surface area contributed by atoms with Gasteiger partial charge in [0.05, 0.1) is 17.6 Å². The van der Waals surface area contributed by atoms with Crippen LogP contribution in [0, 0.1) is 0 Å². The van der Waals surface area contributed by atoms with Crippen molar-refractivity contribution in [2.75, 3.05) is 5.73 Å². The van der Waals surface area contributed by atoms with E-state index in [0.29, 0.717) is 16.5 Å². The summed E-state index contributed by atoms with van der Waals surface area (Å²) in [5.41, 5.74) is 10.2. The zero-order valence-corrected chi connectivity index (χ0v) is 19.0. The molecule has 0 saturated heterocycles. The van der Waals surface area contributed by atoms with Gasteiger partial charge in [-0.3, -0.25) is 9.54 Å². The molecule has 3 aromatic carbocycles. The normalized spacial score (nSPS) is 11.9. The summed E-state index contributed by atoms with van der Waals surface area (Å²) in [7, 11) is -4.47. The molecule has 0 radical (unpaired) electrons. The van der Waals surface area contributed by atoms with Crippen LogP contribution in [-0.4, -0.2) is 18.0 Å². The smallest absolute Gasteiger partial charge is 0.295 e. The first-order valence-electron chi connectivity index (χ1n) is 10.6. The Kier molecular flexibility index (Phi) is 6.48. The fourth-order valence-corrected chi connectivity index (χ4v) is 4.31. The largest absolute Gasteiger partial charge is 0.396 e. The fraction of sp³-hybridized carbons (Fsp3) is 0.160. The number of rotatable bonds is 7. The highest BCUT2D eigenvalue weighted by Crippen LogP contribution is 2.36. The molecule has 4 aromatic rings. The van der Waals surface area contributed by atoms with Crippen LogP contribution in [0.1, 0.15) is 25.3 Å². The van der Waals surface area contributed by atoms with Crippen molar-refractivity contribution in [1.82, 2.24) is 4.98 Å². The second-order valence-electron chi connectivity index (χ2n) is 7.73. The number of azo groups is 1. The molecule has 3 N–H and O–H groups in total. The van der Waals surface area contributed by atoms with Crippen LogP contribution in [0.2, 0.25) is 0 Å². The summed E-state index contributed by atoms with van der Waals surface area (Å²) in [5, 5.41) is 9.08. The standard InChI is InChI=1S/C25H24N4O3S/c1-2-3-6-17-9-11-18(12-10-17)22-14-13-19(16-27-22)28-29-23-15-24(33(30,31)32)20-7-4-5-8-21(20)25(23)26/h4-5,7-16H,2-3,6,26H2,1H3,(H,30,31,32)/b29-28+. The van der Waals surface area contributed by atoms with Crippen LogP contribution in [0.3, 0.4) is 0 Å². The molecule has 0 aliphatic carbocycles. The van der Waals surface area contributed by atoms with Crippen molar-refractivity contribution in [3.05, 3.63) is 78.5 Å². The van der Waals surface area contributed by atoms with E-state index in [1.54, 1.807) is 36.5 Å². The Balaban J connectivity index is 1.60. The molecule has 0 amide bonds. The maximum absolute atomic E-state index is 11.9. The molecule has 0 saturated carbocycles. The molecule has 0 unspecified atom stereocenters. The van der Waals surface area contributed by atoms with E-state index >= 15 is 0 Å². The van der Waals surface area contributed by atoms with E-state index < -0.39 is 10.1 Å². The summed E-state index contributed by atoms with van der Waals surface area (Å²) in [4.78, 5) is 4.19. The van der Waals surface area contributed by atoms with Crippen LogP contribution in [0.15, 0.2) is 88.1 Å². The van der Waals surface area contributed by atoms with Crippen molar-refractivity contribution in [1.29, 1.82) is 0 Å². The molecule has 0 bridgehead atoms. The molecule has 33 heavy (non-hydrogen) atoms. The van der Waals surface area contributed by atoms with Crippen LogP contribution in [0.25, 0.3) is 22.0 Å². The minimum absolute atomic E-state index is 0.146. The summed E-state index contributed by atoms with van der Waals surface area (Å²) < 4.78 is 33.4. The number of hydrogen-bond acceptors (Lipinski definition) is 6. The van der Waals surface area contributed by atoms with E-state index in [2.05, 4.69) is 46.4 Å². The first-order chi connectivity index (χ1) is 15.9. The van der Waals surface area contributed by atoms with Crippen molar-refractivity contribution in [3.63, 3.8) is 0 Å². The van der Waals surface area contributed by atoms with Gasteiger partial charge in [0.25, 0.3) is 10.1 Å². The molecule has 0 aliphatic heterocycles. The zero-order chi connectivity index (χ0) is 23.4. The van der Waals surface area contributed by atoms with Gasteiger partial charge >= 0.3 is 0 Å². The molecule has 168 valence electrons. The van der Waals surface area contributed by atoms with Crippen LogP contribution in [-0.2, 0) is 16.5 Å². The monoisotopic (exact) mass is 460 g/mol. The number of aryl methyl sites for hydroxylation is 1. The van der Waals surface area contributed by atoms with Gasteiger partial charge in [-0.15, -0.1) is 10.2 Å². The lowest BCUT2D eigenvalue weighted by atomic mass is 10.0. The molecule has 1 aromatic heterocycles. The Morgan fingerprint density at radius 3 is 2.33 bits per heavy atom. The van der Waals surface area contributed by atoms with E-state index in [1.807, 2.05) is 6.07 Å². The van der Waals surface area contributed by atoms with Gasteiger partial charge in [-0.25, -0.2) is 0 Å². The Labute approximate surface area is 192 Å². The lowest BCUT2D eigenvalue weighted by Crippen LogP contribution is -2.01. The van der Waals surface area contributed by atoms with Crippen LogP contribution in [0.4, 0.5) is 17.1 Å². The van der Waals surface area contributed by atoms with Gasteiger partial charge < -0.3 is 5.73 Å². The van der Waals surface area contributed by atoms with E-state index in [1.165, 1.54) is 24.5 Å². The molecule has 0 atom stereocenters. The molecule has 0 spiro atoms. The van der Waals surface area contributed by atoms with E-state index in [-0.39, 0.29) is 16.3 Å². The second-order valence-corrected chi connectivity index (χ2v) is 9.12. The number of unbranched alkanes of at least 4 members (excludes halogenated alkanes) is 1. The van der Waals surface area contributed by atoms with Crippen molar-refractivity contribution in [2.24, 2.45) is 10.2 Å². The molecular weight excluding hydrogens is 436 g/mol. The van der Waals surface area contributed by atoms with Gasteiger partial charge in [-0.1, -0.05) is 61.9 Å². The number of benzene rings is 3. The molecule has 0 fully saturated rings.